The van der Waals surface area contributed by atoms with E-state index in [1.165, 1.54) is 6.92 Å². The third kappa shape index (κ3) is 2.90. The molecule has 0 saturated heterocycles. The van der Waals surface area contributed by atoms with Gasteiger partial charge in [0, 0.05) is 0 Å². The molecule has 0 aliphatic carbocycles. The van der Waals surface area contributed by atoms with Gasteiger partial charge in [-0.05, 0) is 19.1 Å². The molecule has 0 radical (unpaired) electrons. The number of halogens is 2. The topological polar surface area (TPSA) is 26.3 Å². The van der Waals surface area contributed by atoms with Crippen molar-refractivity contribution in [1.82, 2.24) is 0 Å². The Balaban J connectivity index is 2.77. The minimum atomic E-state index is -0.0592. The largest absolute Gasteiger partial charge is 0.484 e. The van der Waals surface area contributed by atoms with Crippen molar-refractivity contribution in [2.45, 2.75) is 6.92 Å². The SMILES string of the molecule is CC(=O)COc1cccc(Cl)c1Cl. The predicted octanol–water partition coefficient (Wildman–Crippen LogP) is 2.96. The van der Waals surface area contributed by atoms with E-state index in [0.717, 1.165) is 0 Å². The quantitative estimate of drug-likeness (QED) is 0.781. The van der Waals surface area contributed by atoms with E-state index in [9.17, 15) is 4.79 Å². The zero-order chi connectivity index (χ0) is 9.84. The molecule has 0 N–H and O–H groups in total. The standard InChI is InChI=1S/C9H8Cl2O2/c1-6(12)5-13-8-4-2-3-7(10)9(8)11/h2-4H,5H2,1H3. The highest BCUT2D eigenvalue weighted by Crippen LogP contribution is 2.31. The number of hydrogen-bond acceptors (Lipinski definition) is 2. The lowest BCUT2D eigenvalue weighted by atomic mass is 10.3. The van der Waals surface area contributed by atoms with Crippen LogP contribution in [0.3, 0.4) is 0 Å². The molecular weight excluding hydrogens is 211 g/mol. The summed E-state index contributed by atoms with van der Waals surface area (Å²) in [6.45, 7) is 1.46. The Bertz CT molecular complexity index is 323. The number of ether oxygens (including phenoxy) is 1. The molecule has 13 heavy (non-hydrogen) atoms. The van der Waals surface area contributed by atoms with Crippen LogP contribution < -0.4 is 4.74 Å². The monoisotopic (exact) mass is 218 g/mol. The van der Waals surface area contributed by atoms with Crippen LogP contribution in [-0.4, -0.2) is 12.4 Å². The highest BCUT2D eigenvalue weighted by Gasteiger charge is 2.05. The van der Waals surface area contributed by atoms with Gasteiger partial charge in [0.05, 0.1) is 5.02 Å². The van der Waals surface area contributed by atoms with Gasteiger partial charge in [-0.1, -0.05) is 29.3 Å². The molecule has 1 rings (SSSR count). The molecule has 0 bridgehead atoms. The summed E-state index contributed by atoms with van der Waals surface area (Å²) in [6.07, 6.45) is 0. The molecule has 1 aromatic carbocycles. The lowest BCUT2D eigenvalue weighted by molar-refractivity contribution is -0.118. The first-order valence-corrected chi connectivity index (χ1v) is 4.43. The number of rotatable bonds is 3. The van der Waals surface area contributed by atoms with Crippen molar-refractivity contribution in [1.29, 1.82) is 0 Å². The van der Waals surface area contributed by atoms with Gasteiger partial charge in [0.1, 0.15) is 17.4 Å². The molecule has 0 amide bonds. The summed E-state index contributed by atoms with van der Waals surface area (Å²) in [6, 6.07) is 5.03. The first-order chi connectivity index (χ1) is 6.11. The van der Waals surface area contributed by atoms with Crippen LogP contribution in [0.1, 0.15) is 6.92 Å². The molecule has 2 nitrogen and oxygen atoms in total. The van der Waals surface area contributed by atoms with Gasteiger partial charge in [-0.3, -0.25) is 4.79 Å². The second kappa shape index (κ2) is 4.49. The molecule has 0 unspecified atom stereocenters. The van der Waals surface area contributed by atoms with Crippen LogP contribution in [-0.2, 0) is 4.79 Å². The normalized spacial score (nSPS) is 9.77. The summed E-state index contributed by atoms with van der Waals surface area (Å²) >= 11 is 11.5. The number of hydrogen-bond donors (Lipinski definition) is 0. The molecule has 0 saturated carbocycles. The van der Waals surface area contributed by atoms with Gasteiger partial charge in [-0.2, -0.15) is 0 Å². The van der Waals surface area contributed by atoms with Crippen LogP contribution in [0.5, 0.6) is 5.75 Å². The molecule has 4 heteroatoms. The molecule has 1 aromatic rings. The number of ketones is 1. The van der Waals surface area contributed by atoms with Crippen molar-refractivity contribution < 1.29 is 9.53 Å². The summed E-state index contributed by atoms with van der Waals surface area (Å²) in [7, 11) is 0. The average molecular weight is 219 g/mol. The van der Waals surface area contributed by atoms with Crippen molar-refractivity contribution in [3.05, 3.63) is 28.2 Å². The summed E-state index contributed by atoms with van der Waals surface area (Å²) in [4.78, 5) is 10.6. The van der Waals surface area contributed by atoms with Gasteiger partial charge in [-0.25, -0.2) is 0 Å². The van der Waals surface area contributed by atoms with Crippen LogP contribution in [0.15, 0.2) is 18.2 Å². The summed E-state index contributed by atoms with van der Waals surface area (Å²) < 4.78 is 5.11. The van der Waals surface area contributed by atoms with Gasteiger partial charge in [0.2, 0.25) is 0 Å². The number of carbonyl (C=O) groups excluding carboxylic acids is 1. The molecule has 70 valence electrons. The average Bonchev–Trinajstić information content (AvgIpc) is 2.07. The maximum atomic E-state index is 10.6. The maximum Gasteiger partial charge on any atom is 0.167 e. The van der Waals surface area contributed by atoms with E-state index in [-0.39, 0.29) is 12.4 Å². The van der Waals surface area contributed by atoms with Gasteiger partial charge < -0.3 is 4.74 Å². The minimum absolute atomic E-state index is 0.0140. The third-order valence-corrected chi connectivity index (χ3v) is 2.15. The Morgan fingerprint density at radius 2 is 2.15 bits per heavy atom. The number of Topliss-reactive ketones (excluding diaryl/α,β-unsaturated/α-hetero) is 1. The van der Waals surface area contributed by atoms with E-state index in [0.29, 0.717) is 15.8 Å². The van der Waals surface area contributed by atoms with Gasteiger partial charge >= 0.3 is 0 Å². The Hall–Kier alpha value is -0.730. The lowest BCUT2D eigenvalue weighted by Gasteiger charge is -2.06. The van der Waals surface area contributed by atoms with E-state index in [4.69, 9.17) is 27.9 Å². The van der Waals surface area contributed by atoms with Crippen LogP contribution >= 0.6 is 23.2 Å². The number of carbonyl (C=O) groups is 1. The summed E-state index contributed by atoms with van der Waals surface area (Å²) in [5.41, 5.74) is 0. The van der Waals surface area contributed by atoms with E-state index in [2.05, 4.69) is 0 Å². The second-order valence-electron chi connectivity index (χ2n) is 2.54. The van der Waals surface area contributed by atoms with Crippen molar-refractivity contribution >= 4 is 29.0 Å². The van der Waals surface area contributed by atoms with Crippen molar-refractivity contribution in [3.8, 4) is 5.75 Å². The highest BCUT2D eigenvalue weighted by molar-refractivity contribution is 6.42. The van der Waals surface area contributed by atoms with Crippen molar-refractivity contribution in [2.75, 3.05) is 6.61 Å². The molecule has 0 atom stereocenters. The molecular formula is C9H8Cl2O2. The maximum absolute atomic E-state index is 10.6. The summed E-state index contributed by atoms with van der Waals surface area (Å²) in [5, 5.41) is 0.758. The number of benzene rings is 1. The van der Waals surface area contributed by atoms with Crippen molar-refractivity contribution in [3.63, 3.8) is 0 Å². The van der Waals surface area contributed by atoms with E-state index < -0.39 is 0 Å². The van der Waals surface area contributed by atoms with Gasteiger partial charge in [0.25, 0.3) is 0 Å². The zero-order valence-corrected chi connectivity index (χ0v) is 8.52. The van der Waals surface area contributed by atoms with Gasteiger partial charge in [-0.15, -0.1) is 0 Å². The van der Waals surface area contributed by atoms with Gasteiger partial charge in [0.15, 0.2) is 5.78 Å². The van der Waals surface area contributed by atoms with E-state index in [1.807, 2.05) is 0 Å². The fourth-order valence-electron chi connectivity index (χ4n) is 0.775. The smallest absolute Gasteiger partial charge is 0.167 e. The van der Waals surface area contributed by atoms with E-state index >= 15 is 0 Å². The fraction of sp³-hybridized carbons (Fsp3) is 0.222. The van der Waals surface area contributed by atoms with Crippen molar-refractivity contribution in [2.24, 2.45) is 0 Å². The first-order valence-electron chi connectivity index (χ1n) is 3.67. The molecule has 0 aromatic heterocycles. The Kier molecular flexibility index (Phi) is 3.58. The van der Waals surface area contributed by atoms with E-state index in [1.54, 1.807) is 18.2 Å². The Morgan fingerprint density at radius 1 is 1.46 bits per heavy atom. The molecule has 0 aliphatic heterocycles. The lowest BCUT2D eigenvalue weighted by Crippen LogP contribution is -2.06. The third-order valence-electron chi connectivity index (χ3n) is 1.35. The van der Waals surface area contributed by atoms with Crippen LogP contribution in [0.25, 0.3) is 0 Å². The molecule has 0 heterocycles. The highest BCUT2D eigenvalue weighted by atomic mass is 35.5. The van der Waals surface area contributed by atoms with Crippen LogP contribution in [0.2, 0.25) is 10.0 Å². The Labute approximate surface area is 86.4 Å². The fourth-order valence-corrected chi connectivity index (χ4v) is 1.12. The minimum Gasteiger partial charge on any atom is -0.484 e. The van der Waals surface area contributed by atoms with Crippen LogP contribution in [0.4, 0.5) is 0 Å². The summed E-state index contributed by atoms with van der Waals surface area (Å²) in [5.74, 6) is 0.375. The van der Waals surface area contributed by atoms with Crippen LogP contribution in [0, 0.1) is 0 Å². The molecule has 0 spiro atoms. The Morgan fingerprint density at radius 3 is 2.77 bits per heavy atom. The first kappa shape index (κ1) is 10.4. The molecule has 0 fully saturated rings. The second-order valence-corrected chi connectivity index (χ2v) is 3.33. The predicted molar refractivity (Wildman–Crippen MR) is 52.6 cm³/mol. The molecule has 0 aliphatic rings. The zero-order valence-electron chi connectivity index (χ0n) is 7.01.